The number of halogens is 4. The predicted molar refractivity (Wildman–Crippen MR) is 89.6 cm³/mol. The van der Waals surface area contributed by atoms with Crippen LogP contribution < -0.4 is 16.0 Å². The lowest BCUT2D eigenvalue weighted by molar-refractivity contribution is -0.137. The monoisotopic (exact) mass is 379 g/mol. The van der Waals surface area contributed by atoms with Crippen molar-refractivity contribution in [3.05, 3.63) is 35.4 Å². The van der Waals surface area contributed by atoms with E-state index in [4.69, 9.17) is 0 Å². The number of alkyl halides is 3. The lowest BCUT2D eigenvalue weighted by Crippen LogP contribution is -2.37. The molecule has 1 heterocycles. The zero-order chi connectivity index (χ0) is 17.6. The Hall–Kier alpha value is -1.80. The summed E-state index contributed by atoms with van der Waals surface area (Å²) in [5, 5.41) is 8.35. The van der Waals surface area contributed by atoms with Crippen molar-refractivity contribution in [2.45, 2.75) is 19.0 Å². The van der Waals surface area contributed by atoms with Crippen LogP contribution in [0.15, 0.2) is 24.3 Å². The van der Waals surface area contributed by atoms with Gasteiger partial charge in [0, 0.05) is 12.1 Å². The molecule has 0 radical (unpaired) electrons. The van der Waals surface area contributed by atoms with Crippen molar-refractivity contribution in [3.8, 4) is 0 Å². The maximum Gasteiger partial charge on any atom is 0.416 e. The fourth-order valence-corrected chi connectivity index (χ4v) is 2.51. The van der Waals surface area contributed by atoms with Crippen molar-refractivity contribution in [1.82, 2.24) is 16.0 Å². The van der Waals surface area contributed by atoms with Crippen LogP contribution in [-0.2, 0) is 11.0 Å². The molecule has 1 aromatic rings. The van der Waals surface area contributed by atoms with Crippen LogP contribution in [-0.4, -0.2) is 38.0 Å². The minimum Gasteiger partial charge on any atom is -0.355 e. The first kappa shape index (κ1) is 21.2. The second-order valence-electron chi connectivity index (χ2n) is 5.76. The SMILES string of the molecule is Cl.O=C(CNC(=O)c1ccc(C(F)(F)F)cc1)NCCC1CCNC1. The first-order valence-corrected chi connectivity index (χ1v) is 7.79. The number of nitrogens with one attached hydrogen (secondary N) is 3. The molecule has 0 spiro atoms. The molecule has 1 fully saturated rings. The van der Waals surface area contributed by atoms with Crippen LogP contribution in [0.25, 0.3) is 0 Å². The molecule has 1 aromatic carbocycles. The normalized spacial score (nSPS) is 16.8. The highest BCUT2D eigenvalue weighted by molar-refractivity contribution is 5.96. The van der Waals surface area contributed by atoms with Gasteiger partial charge in [-0.2, -0.15) is 13.2 Å². The zero-order valence-electron chi connectivity index (χ0n) is 13.5. The smallest absolute Gasteiger partial charge is 0.355 e. The molecule has 3 N–H and O–H groups in total. The summed E-state index contributed by atoms with van der Waals surface area (Å²) in [5.41, 5.74) is -0.744. The summed E-state index contributed by atoms with van der Waals surface area (Å²) in [6.45, 7) is 2.30. The zero-order valence-corrected chi connectivity index (χ0v) is 14.3. The third kappa shape index (κ3) is 6.91. The number of rotatable bonds is 6. The number of carbonyl (C=O) groups is 2. The van der Waals surface area contributed by atoms with Gasteiger partial charge < -0.3 is 16.0 Å². The van der Waals surface area contributed by atoms with E-state index in [2.05, 4.69) is 16.0 Å². The number of carbonyl (C=O) groups excluding carboxylic acids is 2. The van der Waals surface area contributed by atoms with Crippen molar-refractivity contribution in [2.24, 2.45) is 5.92 Å². The van der Waals surface area contributed by atoms with E-state index in [1.165, 1.54) is 0 Å². The fraction of sp³-hybridized carbons (Fsp3) is 0.500. The van der Waals surface area contributed by atoms with Gasteiger partial charge in [-0.15, -0.1) is 12.4 Å². The quantitative estimate of drug-likeness (QED) is 0.707. The van der Waals surface area contributed by atoms with Crippen LogP contribution >= 0.6 is 12.4 Å². The number of benzene rings is 1. The van der Waals surface area contributed by atoms with Gasteiger partial charge in [0.2, 0.25) is 5.91 Å². The molecular weight excluding hydrogens is 359 g/mol. The highest BCUT2D eigenvalue weighted by Gasteiger charge is 2.30. The molecule has 0 saturated carbocycles. The van der Waals surface area contributed by atoms with E-state index in [1.54, 1.807) is 0 Å². The van der Waals surface area contributed by atoms with Crippen LogP contribution in [0.5, 0.6) is 0 Å². The fourth-order valence-electron chi connectivity index (χ4n) is 2.51. The standard InChI is InChI=1S/C16H20F3N3O2.ClH/c17-16(18,19)13-3-1-12(2-4-13)15(24)22-10-14(23)21-8-6-11-5-7-20-9-11;/h1-4,11,20H,5-10H2,(H,21,23)(H,22,24);1H. The molecule has 0 aromatic heterocycles. The molecular formula is C16H21ClF3N3O2. The van der Waals surface area contributed by atoms with Gasteiger partial charge in [0.05, 0.1) is 12.1 Å². The summed E-state index contributed by atoms with van der Waals surface area (Å²) in [4.78, 5) is 23.5. The first-order valence-electron chi connectivity index (χ1n) is 7.79. The summed E-state index contributed by atoms with van der Waals surface area (Å²) >= 11 is 0. The lowest BCUT2D eigenvalue weighted by atomic mass is 10.1. The molecule has 1 atom stereocenters. The second kappa shape index (κ2) is 9.62. The molecule has 1 unspecified atom stereocenters. The third-order valence-corrected chi connectivity index (χ3v) is 3.92. The summed E-state index contributed by atoms with van der Waals surface area (Å²) in [5.74, 6) is -0.341. The molecule has 2 amide bonds. The van der Waals surface area contributed by atoms with Crippen LogP contribution in [0.4, 0.5) is 13.2 Å². The minimum atomic E-state index is -4.44. The highest BCUT2D eigenvalue weighted by atomic mass is 35.5. The number of amides is 2. The maximum absolute atomic E-state index is 12.4. The maximum atomic E-state index is 12.4. The van der Waals surface area contributed by atoms with Gasteiger partial charge in [0.15, 0.2) is 0 Å². The molecule has 1 aliphatic heterocycles. The van der Waals surface area contributed by atoms with E-state index in [9.17, 15) is 22.8 Å². The number of hydrogen-bond acceptors (Lipinski definition) is 3. The van der Waals surface area contributed by atoms with Crippen molar-refractivity contribution in [3.63, 3.8) is 0 Å². The molecule has 2 rings (SSSR count). The Morgan fingerprint density at radius 1 is 1.16 bits per heavy atom. The molecule has 140 valence electrons. The molecule has 0 bridgehead atoms. The molecule has 1 saturated heterocycles. The third-order valence-electron chi connectivity index (χ3n) is 3.92. The lowest BCUT2D eigenvalue weighted by Gasteiger charge is -2.10. The average molecular weight is 380 g/mol. The van der Waals surface area contributed by atoms with E-state index in [-0.39, 0.29) is 30.4 Å². The van der Waals surface area contributed by atoms with Gasteiger partial charge in [0.1, 0.15) is 0 Å². The van der Waals surface area contributed by atoms with Crippen LogP contribution in [0, 0.1) is 5.92 Å². The molecule has 5 nitrogen and oxygen atoms in total. The summed E-state index contributed by atoms with van der Waals surface area (Å²) in [7, 11) is 0. The van der Waals surface area contributed by atoms with E-state index in [0.29, 0.717) is 12.5 Å². The van der Waals surface area contributed by atoms with Crippen LogP contribution in [0.1, 0.15) is 28.8 Å². The topological polar surface area (TPSA) is 70.2 Å². The van der Waals surface area contributed by atoms with Gasteiger partial charge >= 0.3 is 6.18 Å². The van der Waals surface area contributed by atoms with Gasteiger partial charge in [-0.25, -0.2) is 0 Å². The van der Waals surface area contributed by atoms with Gasteiger partial charge in [-0.1, -0.05) is 0 Å². The molecule has 9 heteroatoms. The van der Waals surface area contributed by atoms with Gasteiger partial charge in [-0.05, 0) is 56.1 Å². The molecule has 25 heavy (non-hydrogen) atoms. The summed E-state index contributed by atoms with van der Waals surface area (Å²) in [6, 6.07) is 3.85. The highest BCUT2D eigenvalue weighted by Crippen LogP contribution is 2.29. The van der Waals surface area contributed by atoms with Crippen LogP contribution in [0.2, 0.25) is 0 Å². The largest absolute Gasteiger partial charge is 0.416 e. The van der Waals surface area contributed by atoms with Crippen molar-refractivity contribution in [1.29, 1.82) is 0 Å². The average Bonchev–Trinajstić information content (AvgIpc) is 3.05. The Morgan fingerprint density at radius 3 is 2.40 bits per heavy atom. The van der Waals surface area contributed by atoms with Crippen molar-refractivity contribution < 1.29 is 22.8 Å². The summed E-state index contributed by atoms with van der Waals surface area (Å²) < 4.78 is 37.3. The Labute approximate surface area is 150 Å². The molecule has 0 aliphatic carbocycles. The van der Waals surface area contributed by atoms with E-state index in [1.807, 2.05) is 0 Å². The molecule has 1 aliphatic rings. The Morgan fingerprint density at radius 2 is 1.84 bits per heavy atom. The van der Waals surface area contributed by atoms with E-state index >= 15 is 0 Å². The summed E-state index contributed by atoms with van der Waals surface area (Å²) in [6.07, 6.45) is -2.46. The van der Waals surface area contributed by atoms with Gasteiger partial charge in [0.25, 0.3) is 5.91 Å². The first-order chi connectivity index (χ1) is 11.4. The Bertz CT molecular complexity index is 573. The Kier molecular flexibility index (Phi) is 8.18. The van der Waals surface area contributed by atoms with Crippen molar-refractivity contribution >= 4 is 24.2 Å². The minimum absolute atomic E-state index is 0. The van der Waals surface area contributed by atoms with E-state index in [0.717, 1.165) is 50.2 Å². The number of hydrogen-bond donors (Lipinski definition) is 3. The van der Waals surface area contributed by atoms with Gasteiger partial charge in [-0.3, -0.25) is 9.59 Å². The van der Waals surface area contributed by atoms with E-state index < -0.39 is 17.6 Å². The second-order valence-corrected chi connectivity index (χ2v) is 5.76. The van der Waals surface area contributed by atoms with Crippen LogP contribution in [0.3, 0.4) is 0 Å². The predicted octanol–water partition coefficient (Wildman–Crippen LogP) is 1.97. The van der Waals surface area contributed by atoms with Crippen molar-refractivity contribution in [2.75, 3.05) is 26.2 Å². The Balaban J connectivity index is 0.00000312.